The second-order valence-corrected chi connectivity index (χ2v) is 5.63. The minimum absolute atomic E-state index is 0.00253. The molecule has 0 bridgehead atoms. The minimum Gasteiger partial charge on any atom is -0.378 e. The first kappa shape index (κ1) is 16.2. The van der Waals surface area contributed by atoms with Gasteiger partial charge in [0.25, 0.3) is 5.91 Å². The Balaban J connectivity index is 1.71. The molecule has 0 radical (unpaired) electrons. The first-order valence-electron chi connectivity index (χ1n) is 6.55. The molecular weight excluding hydrogens is 354 g/mol. The molecule has 0 fully saturated rings. The Morgan fingerprint density at radius 2 is 2.32 bits per heavy atom. The number of nitrogens with zero attached hydrogens (tertiary/aromatic N) is 7. The Kier molecular flexibility index (Phi) is 4.17. The van der Waals surface area contributed by atoms with Gasteiger partial charge < -0.3 is 5.73 Å². The molecule has 3 N–H and O–H groups in total. The average Bonchev–Trinajstić information content (AvgIpc) is 3.27. The van der Waals surface area contributed by atoms with E-state index in [1.165, 1.54) is 23.0 Å². The van der Waals surface area contributed by atoms with Crippen molar-refractivity contribution < 1.29 is 14.3 Å². The third-order valence-electron chi connectivity index (χ3n) is 2.96. The number of hydrogen-bond acceptors (Lipinski definition) is 11. The number of nitrogen functional groups attached to an aromatic ring is 1. The lowest BCUT2D eigenvalue weighted by atomic mass is 10.3. The smallest absolute Gasteiger partial charge is 0.324 e. The fourth-order valence-corrected chi connectivity index (χ4v) is 2.49. The number of nitrogens with one attached hydrogen (secondary N) is 1. The van der Waals surface area contributed by atoms with E-state index in [-0.39, 0.29) is 22.3 Å². The van der Waals surface area contributed by atoms with Crippen molar-refractivity contribution in [1.82, 2.24) is 30.7 Å². The zero-order chi connectivity index (χ0) is 18.0. The van der Waals surface area contributed by atoms with Crippen LogP contribution in [0.4, 0.5) is 10.8 Å². The normalized spacial score (nSPS) is 11.1. The van der Waals surface area contributed by atoms with Gasteiger partial charge in [0.1, 0.15) is 0 Å². The van der Waals surface area contributed by atoms with Crippen LogP contribution < -0.4 is 11.2 Å². The van der Waals surface area contributed by atoms with E-state index in [1.54, 1.807) is 6.92 Å². The van der Waals surface area contributed by atoms with Crippen LogP contribution in [0.3, 0.4) is 0 Å². The lowest BCUT2D eigenvalue weighted by molar-refractivity contribution is -0.380. The molecule has 0 aromatic carbocycles. The molecule has 3 heterocycles. The number of nitro groups is 1. The zero-order valence-electron chi connectivity index (χ0n) is 12.5. The maximum absolute atomic E-state index is 12.1. The molecule has 0 aliphatic rings. The van der Waals surface area contributed by atoms with Gasteiger partial charge >= 0.3 is 5.00 Å². The topological polar surface area (TPSA) is 180 Å². The van der Waals surface area contributed by atoms with E-state index in [0.29, 0.717) is 10.6 Å². The van der Waals surface area contributed by atoms with Gasteiger partial charge in [0.2, 0.25) is 11.6 Å². The van der Waals surface area contributed by atoms with Crippen molar-refractivity contribution in [3.63, 3.8) is 0 Å². The van der Waals surface area contributed by atoms with Crippen LogP contribution in [0.15, 0.2) is 21.9 Å². The number of carbonyl (C=O) groups excluding carboxylic acids is 1. The quantitative estimate of drug-likeness (QED) is 0.365. The predicted octanol–water partition coefficient (Wildman–Crippen LogP) is 0.275. The highest BCUT2D eigenvalue weighted by molar-refractivity contribution is 7.16. The summed E-state index contributed by atoms with van der Waals surface area (Å²) in [5.74, 6) is -0.517. The van der Waals surface area contributed by atoms with Crippen molar-refractivity contribution in [2.75, 3.05) is 5.73 Å². The van der Waals surface area contributed by atoms with Crippen LogP contribution in [-0.2, 0) is 0 Å². The number of nitrogens with two attached hydrogens (primary N) is 1. The Labute approximate surface area is 142 Å². The van der Waals surface area contributed by atoms with Crippen LogP contribution in [0, 0.1) is 17.0 Å². The minimum atomic E-state index is -0.624. The molecule has 0 aliphatic carbocycles. The van der Waals surface area contributed by atoms with Crippen LogP contribution in [0.1, 0.15) is 21.1 Å². The predicted molar refractivity (Wildman–Crippen MR) is 84.4 cm³/mol. The zero-order valence-corrected chi connectivity index (χ0v) is 13.3. The molecule has 0 atom stereocenters. The number of rotatable bonds is 5. The van der Waals surface area contributed by atoms with Gasteiger partial charge in [-0.2, -0.15) is 9.78 Å². The fourth-order valence-electron chi connectivity index (χ4n) is 1.80. The SMILES string of the molecule is Cc1c(C(=O)N/N=C/c2ccc([N+](=O)[O-])s2)nnn1-c1nonc1N. The fraction of sp³-hybridized carbons (Fsp3) is 0.0909. The van der Waals surface area contributed by atoms with Crippen LogP contribution in [0.25, 0.3) is 5.82 Å². The van der Waals surface area contributed by atoms with E-state index in [2.05, 4.69) is 35.8 Å². The second-order valence-electron chi connectivity index (χ2n) is 4.54. The summed E-state index contributed by atoms with van der Waals surface area (Å²) < 4.78 is 5.67. The van der Waals surface area contributed by atoms with Gasteiger partial charge in [-0.15, -0.1) is 5.10 Å². The molecule has 14 heteroatoms. The Morgan fingerprint density at radius 1 is 1.52 bits per heavy atom. The van der Waals surface area contributed by atoms with E-state index in [4.69, 9.17) is 5.73 Å². The molecule has 0 spiro atoms. The molecule has 1 amide bonds. The summed E-state index contributed by atoms with van der Waals surface area (Å²) in [6, 6.07) is 2.86. The molecular formula is C11H9N9O4S. The van der Waals surface area contributed by atoms with Gasteiger partial charge in [0, 0.05) is 6.07 Å². The Morgan fingerprint density at radius 3 is 2.96 bits per heavy atom. The Hall–Kier alpha value is -3.68. The number of carbonyl (C=O) groups is 1. The van der Waals surface area contributed by atoms with Gasteiger partial charge in [-0.3, -0.25) is 14.9 Å². The lowest BCUT2D eigenvalue weighted by Crippen LogP contribution is -2.19. The number of hydrazone groups is 1. The van der Waals surface area contributed by atoms with Gasteiger partial charge in [0.05, 0.1) is 21.7 Å². The number of thiophene rings is 1. The molecule has 25 heavy (non-hydrogen) atoms. The number of anilines is 1. The van der Waals surface area contributed by atoms with Crippen molar-refractivity contribution in [1.29, 1.82) is 0 Å². The summed E-state index contributed by atoms with van der Waals surface area (Å²) in [6.45, 7) is 1.58. The summed E-state index contributed by atoms with van der Waals surface area (Å²) in [4.78, 5) is 22.7. The van der Waals surface area contributed by atoms with Crippen molar-refractivity contribution >= 4 is 34.3 Å². The van der Waals surface area contributed by atoms with Gasteiger partial charge in [-0.1, -0.05) is 16.6 Å². The number of hydrogen-bond donors (Lipinski definition) is 2. The molecule has 13 nitrogen and oxygen atoms in total. The highest BCUT2D eigenvalue weighted by Crippen LogP contribution is 2.22. The van der Waals surface area contributed by atoms with Crippen LogP contribution in [-0.4, -0.2) is 42.4 Å². The Bertz CT molecular complexity index is 972. The van der Waals surface area contributed by atoms with E-state index in [9.17, 15) is 14.9 Å². The van der Waals surface area contributed by atoms with Crippen molar-refractivity contribution in [2.24, 2.45) is 5.10 Å². The van der Waals surface area contributed by atoms with E-state index >= 15 is 0 Å². The average molecular weight is 363 g/mol. The molecule has 0 unspecified atom stereocenters. The maximum Gasteiger partial charge on any atom is 0.324 e. The molecule has 128 valence electrons. The van der Waals surface area contributed by atoms with Crippen molar-refractivity contribution in [3.8, 4) is 5.82 Å². The van der Waals surface area contributed by atoms with Crippen molar-refractivity contribution in [2.45, 2.75) is 6.92 Å². The largest absolute Gasteiger partial charge is 0.378 e. The third kappa shape index (κ3) is 3.18. The number of aromatic nitrogens is 5. The summed E-state index contributed by atoms with van der Waals surface area (Å²) in [7, 11) is 0. The first-order valence-corrected chi connectivity index (χ1v) is 7.37. The third-order valence-corrected chi connectivity index (χ3v) is 3.93. The highest BCUT2D eigenvalue weighted by atomic mass is 32.1. The summed E-state index contributed by atoms with van der Waals surface area (Å²) in [5, 5.41) is 28.8. The molecule has 0 aliphatic heterocycles. The van der Waals surface area contributed by atoms with E-state index < -0.39 is 10.8 Å². The van der Waals surface area contributed by atoms with Gasteiger partial charge in [-0.25, -0.2) is 10.1 Å². The molecule has 0 saturated heterocycles. The monoisotopic (exact) mass is 363 g/mol. The van der Waals surface area contributed by atoms with Gasteiger partial charge in [-0.05, 0) is 23.3 Å². The molecule has 3 aromatic heterocycles. The second kappa shape index (κ2) is 6.44. The first-order chi connectivity index (χ1) is 12.0. The van der Waals surface area contributed by atoms with Crippen LogP contribution in [0.2, 0.25) is 0 Å². The van der Waals surface area contributed by atoms with E-state index in [0.717, 1.165) is 11.3 Å². The highest BCUT2D eigenvalue weighted by Gasteiger charge is 2.20. The molecule has 3 rings (SSSR count). The van der Waals surface area contributed by atoms with Crippen LogP contribution >= 0.6 is 11.3 Å². The molecule has 3 aromatic rings. The van der Waals surface area contributed by atoms with E-state index in [1.807, 2.05) is 0 Å². The summed E-state index contributed by atoms with van der Waals surface area (Å²) >= 11 is 0.924. The summed E-state index contributed by atoms with van der Waals surface area (Å²) in [5.41, 5.74) is 8.17. The molecule has 0 saturated carbocycles. The van der Waals surface area contributed by atoms with Crippen molar-refractivity contribution in [3.05, 3.63) is 38.5 Å². The van der Waals surface area contributed by atoms with Crippen LogP contribution in [0.5, 0.6) is 0 Å². The maximum atomic E-state index is 12.1. The lowest BCUT2D eigenvalue weighted by Gasteiger charge is -1.98. The number of amides is 1. The summed E-state index contributed by atoms with van der Waals surface area (Å²) in [6.07, 6.45) is 1.29. The standard InChI is InChI=1S/C11H9N9O4S/c1-5-8(14-18-19(5)10-9(12)16-24-17-10)11(21)15-13-4-6-2-3-7(25-6)20(22)23/h2-4H,1H3,(H2,12,16)(H,15,21)/b13-4+. The van der Waals surface area contributed by atoms with Gasteiger partial charge in [0.15, 0.2) is 5.69 Å².